The third kappa shape index (κ3) is 4.15. The van der Waals surface area contributed by atoms with Crippen molar-refractivity contribution in [2.45, 2.75) is 6.92 Å². The van der Waals surface area contributed by atoms with Gasteiger partial charge < -0.3 is 0 Å². The van der Waals surface area contributed by atoms with E-state index in [0.29, 0.717) is 0 Å². The first-order valence-corrected chi connectivity index (χ1v) is 10.4. The highest BCUT2D eigenvalue weighted by Crippen LogP contribution is 2.29. The zero-order valence-corrected chi connectivity index (χ0v) is 17.4. The lowest BCUT2D eigenvalue weighted by Gasteiger charge is -2.10. The lowest BCUT2D eigenvalue weighted by molar-refractivity contribution is 1.12. The Balaban J connectivity index is 1.56. The molecule has 0 saturated heterocycles. The van der Waals surface area contributed by atoms with Crippen molar-refractivity contribution in [1.29, 1.82) is 0 Å². The Morgan fingerprint density at radius 2 is 0.903 bits per heavy atom. The maximum absolute atomic E-state index is 4.93. The number of benzene rings is 4. The Bertz CT molecular complexity index is 1220. The number of hydrogen-bond acceptors (Lipinski definition) is 2. The van der Waals surface area contributed by atoms with Crippen molar-refractivity contribution in [3.05, 3.63) is 121 Å². The van der Waals surface area contributed by atoms with Gasteiger partial charge >= 0.3 is 0 Å². The summed E-state index contributed by atoms with van der Waals surface area (Å²) in [5.74, 6) is 0.748. The minimum Gasteiger partial charge on any atom is -0.233 e. The molecule has 0 fully saturated rings. The molecule has 2 nitrogen and oxygen atoms in total. The third-order valence-corrected chi connectivity index (χ3v) is 5.35. The molecule has 0 bridgehead atoms. The summed E-state index contributed by atoms with van der Waals surface area (Å²) in [7, 11) is 0. The van der Waals surface area contributed by atoms with Crippen molar-refractivity contribution in [2.75, 3.05) is 0 Å². The van der Waals surface area contributed by atoms with Gasteiger partial charge in [-0.05, 0) is 47.4 Å². The van der Waals surface area contributed by atoms with Crippen LogP contribution in [0.4, 0.5) is 0 Å². The van der Waals surface area contributed by atoms with Crippen molar-refractivity contribution in [2.24, 2.45) is 0 Å². The van der Waals surface area contributed by atoms with E-state index in [4.69, 9.17) is 9.97 Å². The largest absolute Gasteiger partial charge is 0.233 e. The molecule has 1 aromatic heterocycles. The number of nitrogens with zero attached hydrogens (tertiary/aromatic N) is 2. The summed E-state index contributed by atoms with van der Waals surface area (Å²) in [6, 6.07) is 39.8. The van der Waals surface area contributed by atoms with E-state index >= 15 is 0 Å². The average Bonchev–Trinajstić information content (AvgIpc) is 2.85. The predicted octanol–water partition coefficient (Wildman–Crippen LogP) is 7.45. The van der Waals surface area contributed by atoms with Crippen molar-refractivity contribution < 1.29 is 0 Å². The molecule has 0 spiro atoms. The third-order valence-electron chi connectivity index (χ3n) is 5.35. The molecule has 0 N–H and O–H groups in total. The summed E-state index contributed by atoms with van der Waals surface area (Å²) in [4.78, 5) is 9.67. The van der Waals surface area contributed by atoms with E-state index in [1.54, 1.807) is 0 Å². The van der Waals surface area contributed by atoms with Crippen LogP contribution in [0.25, 0.3) is 44.9 Å². The molecule has 0 aliphatic heterocycles. The Labute approximate surface area is 182 Å². The first-order valence-electron chi connectivity index (χ1n) is 10.4. The van der Waals surface area contributed by atoms with Crippen molar-refractivity contribution >= 4 is 0 Å². The highest BCUT2D eigenvalue weighted by atomic mass is 14.9. The number of rotatable bonds is 4. The summed E-state index contributed by atoms with van der Waals surface area (Å²) in [6.07, 6.45) is 0. The topological polar surface area (TPSA) is 25.8 Å². The van der Waals surface area contributed by atoms with Gasteiger partial charge in [-0.25, -0.2) is 9.97 Å². The minimum absolute atomic E-state index is 0.748. The van der Waals surface area contributed by atoms with E-state index in [2.05, 4.69) is 103 Å². The molecule has 0 amide bonds. The zero-order valence-electron chi connectivity index (χ0n) is 17.4. The first-order chi connectivity index (χ1) is 15.3. The fourth-order valence-electron chi connectivity index (χ4n) is 3.80. The summed E-state index contributed by atoms with van der Waals surface area (Å²) in [5, 5.41) is 0. The first kappa shape index (κ1) is 19.0. The van der Waals surface area contributed by atoms with Gasteiger partial charge in [0, 0.05) is 16.8 Å². The second-order valence-corrected chi connectivity index (χ2v) is 7.61. The lowest BCUT2D eigenvalue weighted by Crippen LogP contribution is -1.95. The van der Waals surface area contributed by atoms with Gasteiger partial charge in [-0.2, -0.15) is 0 Å². The summed E-state index contributed by atoms with van der Waals surface area (Å²) in [6.45, 7) is 2.02. The van der Waals surface area contributed by atoms with Gasteiger partial charge in [-0.3, -0.25) is 0 Å². The number of aryl methyl sites for hydroxylation is 1. The van der Waals surface area contributed by atoms with Crippen LogP contribution in [0.5, 0.6) is 0 Å². The fourth-order valence-corrected chi connectivity index (χ4v) is 3.80. The monoisotopic (exact) mass is 398 g/mol. The van der Waals surface area contributed by atoms with Crippen LogP contribution in [0.1, 0.15) is 5.69 Å². The van der Waals surface area contributed by atoms with E-state index in [-0.39, 0.29) is 0 Å². The molecule has 0 radical (unpaired) electrons. The molecule has 5 rings (SSSR count). The van der Waals surface area contributed by atoms with Crippen LogP contribution in [0.3, 0.4) is 0 Å². The maximum atomic E-state index is 4.93. The molecule has 0 saturated carbocycles. The molecular weight excluding hydrogens is 376 g/mol. The fraction of sp³-hybridized carbons (Fsp3) is 0.0345. The van der Waals surface area contributed by atoms with E-state index in [9.17, 15) is 0 Å². The van der Waals surface area contributed by atoms with E-state index in [1.165, 1.54) is 16.7 Å². The zero-order chi connectivity index (χ0) is 21.0. The Hall–Kier alpha value is -4.04. The standard InChI is InChI=1S/C29H22N2/c1-21-18-28(26-16-8-14-24(19-26)22-10-4-2-5-11-22)31-29(30-21)27-17-9-15-25(20-27)23-12-6-3-7-13-23/h2-20H,1H3. The highest BCUT2D eigenvalue weighted by Gasteiger charge is 2.09. The van der Waals surface area contributed by atoms with Crippen molar-refractivity contribution in [1.82, 2.24) is 9.97 Å². The van der Waals surface area contributed by atoms with E-state index < -0.39 is 0 Å². The van der Waals surface area contributed by atoms with Gasteiger partial charge in [0.2, 0.25) is 0 Å². The summed E-state index contributed by atoms with van der Waals surface area (Å²) >= 11 is 0. The van der Waals surface area contributed by atoms with Gasteiger partial charge in [-0.15, -0.1) is 0 Å². The second kappa shape index (κ2) is 8.37. The molecule has 0 aliphatic carbocycles. The lowest BCUT2D eigenvalue weighted by atomic mass is 10.0. The van der Waals surface area contributed by atoms with Crippen LogP contribution in [0.15, 0.2) is 115 Å². The quantitative estimate of drug-likeness (QED) is 0.314. The highest BCUT2D eigenvalue weighted by molar-refractivity contribution is 5.74. The average molecular weight is 399 g/mol. The molecule has 2 heteroatoms. The predicted molar refractivity (Wildman–Crippen MR) is 129 cm³/mol. The van der Waals surface area contributed by atoms with E-state index in [0.717, 1.165) is 33.9 Å². The van der Waals surface area contributed by atoms with Crippen LogP contribution in [0, 0.1) is 6.92 Å². The minimum atomic E-state index is 0.748. The summed E-state index contributed by atoms with van der Waals surface area (Å²) in [5.41, 5.74) is 8.73. The van der Waals surface area contributed by atoms with Gasteiger partial charge in [0.15, 0.2) is 5.82 Å². The molecule has 0 aliphatic rings. The Morgan fingerprint density at radius 3 is 1.52 bits per heavy atom. The SMILES string of the molecule is Cc1cc(-c2cccc(-c3ccccc3)c2)nc(-c2cccc(-c3ccccc3)c2)n1. The molecule has 0 unspecified atom stereocenters. The molecular formula is C29H22N2. The number of aromatic nitrogens is 2. The van der Waals surface area contributed by atoms with Gasteiger partial charge in [-0.1, -0.05) is 97.1 Å². The Morgan fingerprint density at radius 1 is 0.419 bits per heavy atom. The molecule has 0 atom stereocenters. The molecule has 31 heavy (non-hydrogen) atoms. The molecule has 4 aromatic carbocycles. The van der Waals surface area contributed by atoms with Crippen molar-refractivity contribution in [3.8, 4) is 44.9 Å². The summed E-state index contributed by atoms with van der Waals surface area (Å²) < 4.78 is 0. The van der Waals surface area contributed by atoms with Crippen LogP contribution >= 0.6 is 0 Å². The smallest absolute Gasteiger partial charge is 0.160 e. The van der Waals surface area contributed by atoms with E-state index in [1.807, 2.05) is 19.1 Å². The van der Waals surface area contributed by atoms with Crippen molar-refractivity contribution in [3.63, 3.8) is 0 Å². The van der Waals surface area contributed by atoms with Gasteiger partial charge in [0.05, 0.1) is 5.69 Å². The molecule has 1 heterocycles. The maximum Gasteiger partial charge on any atom is 0.160 e. The second-order valence-electron chi connectivity index (χ2n) is 7.61. The van der Waals surface area contributed by atoms with Crippen LogP contribution in [0.2, 0.25) is 0 Å². The van der Waals surface area contributed by atoms with Crippen LogP contribution in [-0.4, -0.2) is 9.97 Å². The normalized spacial score (nSPS) is 10.7. The van der Waals surface area contributed by atoms with Gasteiger partial charge in [0.25, 0.3) is 0 Å². The Kier molecular flexibility index (Phi) is 5.12. The van der Waals surface area contributed by atoms with Crippen LogP contribution in [-0.2, 0) is 0 Å². The molecule has 148 valence electrons. The van der Waals surface area contributed by atoms with Crippen LogP contribution < -0.4 is 0 Å². The number of hydrogen-bond donors (Lipinski definition) is 0. The van der Waals surface area contributed by atoms with Gasteiger partial charge in [0.1, 0.15) is 0 Å². The molecule has 5 aromatic rings.